The van der Waals surface area contributed by atoms with Gasteiger partial charge in [-0.3, -0.25) is 4.90 Å². The summed E-state index contributed by atoms with van der Waals surface area (Å²) in [5.74, 6) is 0.886. The topological polar surface area (TPSA) is 56.9 Å². The Balaban J connectivity index is 1.64. The highest BCUT2D eigenvalue weighted by Gasteiger charge is 2.32. The van der Waals surface area contributed by atoms with Gasteiger partial charge in [0.1, 0.15) is 5.75 Å². The summed E-state index contributed by atoms with van der Waals surface area (Å²) < 4.78 is 5.51. The first kappa shape index (κ1) is 17.1. The molecule has 1 atom stereocenters. The molecule has 0 amide bonds. The second-order valence-electron chi connectivity index (χ2n) is 7.44. The van der Waals surface area contributed by atoms with Crippen LogP contribution in [0.1, 0.15) is 34.3 Å². The van der Waals surface area contributed by atoms with E-state index in [-0.39, 0.29) is 6.04 Å². The molecule has 0 fully saturated rings. The maximum Gasteiger partial charge on any atom is 0.119 e. The number of benzene rings is 2. The highest BCUT2D eigenvalue weighted by Crippen LogP contribution is 2.39. The molecular weight excluding hydrogens is 348 g/mol. The summed E-state index contributed by atoms with van der Waals surface area (Å²) in [7, 11) is 1.72. The Morgan fingerprint density at radius 3 is 2.89 bits per heavy atom. The Labute approximate surface area is 164 Å². The largest absolute Gasteiger partial charge is 0.497 e. The Morgan fingerprint density at radius 1 is 1.18 bits per heavy atom. The van der Waals surface area contributed by atoms with Crippen molar-refractivity contribution in [2.45, 2.75) is 25.9 Å². The molecule has 2 N–H and O–H groups in total. The number of para-hydroxylation sites is 1. The van der Waals surface area contributed by atoms with Crippen LogP contribution in [0.15, 0.2) is 54.9 Å². The average Bonchev–Trinajstić information content (AvgIpc) is 3.31. The third-order valence-electron chi connectivity index (χ3n) is 5.83. The lowest BCUT2D eigenvalue weighted by Crippen LogP contribution is -2.36. The summed E-state index contributed by atoms with van der Waals surface area (Å²) in [6.07, 6.45) is 2.81. The molecule has 5 rings (SSSR count). The van der Waals surface area contributed by atoms with Gasteiger partial charge >= 0.3 is 0 Å². The van der Waals surface area contributed by atoms with Gasteiger partial charge < -0.3 is 14.7 Å². The van der Waals surface area contributed by atoms with E-state index in [1.807, 2.05) is 6.07 Å². The number of rotatable bonds is 4. The quantitative estimate of drug-likeness (QED) is 0.560. The Morgan fingerprint density at radius 2 is 2.07 bits per heavy atom. The van der Waals surface area contributed by atoms with Gasteiger partial charge in [-0.2, -0.15) is 0 Å². The molecule has 4 aromatic rings. The molecule has 1 unspecified atom stereocenters. The first-order valence-electron chi connectivity index (χ1n) is 9.71. The molecule has 5 nitrogen and oxygen atoms in total. The minimum absolute atomic E-state index is 0.141. The normalized spacial score (nSPS) is 17.0. The number of nitrogens with zero attached hydrogens (tertiary/aromatic N) is 2. The van der Waals surface area contributed by atoms with Crippen molar-refractivity contribution in [2.75, 3.05) is 13.7 Å². The predicted molar refractivity (Wildman–Crippen MR) is 111 cm³/mol. The monoisotopic (exact) mass is 372 g/mol. The lowest BCUT2D eigenvalue weighted by Gasteiger charge is -2.36. The number of hydrogen-bond donors (Lipinski definition) is 2. The predicted octanol–water partition coefficient (Wildman–Crippen LogP) is 4.36. The molecule has 0 spiro atoms. The molecule has 1 aliphatic heterocycles. The number of methoxy groups -OCH3 is 1. The lowest BCUT2D eigenvalue weighted by atomic mass is 9.92. The molecule has 5 heteroatoms. The van der Waals surface area contributed by atoms with Gasteiger partial charge in [0.25, 0.3) is 0 Å². The van der Waals surface area contributed by atoms with Crippen LogP contribution in [0.3, 0.4) is 0 Å². The second-order valence-corrected chi connectivity index (χ2v) is 7.44. The number of nitrogens with one attached hydrogen (secondary N) is 2. The van der Waals surface area contributed by atoms with Crippen LogP contribution in [0, 0.1) is 6.92 Å². The van der Waals surface area contributed by atoms with Gasteiger partial charge in [0.2, 0.25) is 0 Å². The van der Waals surface area contributed by atoms with Crippen molar-refractivity contribution in [3.63, 3.8) is 0 Å². The number of imidazole rings is 1. The van der Waals surface area contributed by atoms with Gasteiger partial charge in [0.15, 0.2) is 0 Å². The smallest absolute Gasteiger partial charge is 0.119 e. The molecule has 0 aliphatic carbocycles. The number of hydrogen-bond acceptors (Lipinski definition) is 3. The molecular formula is C23H24N4O. The van der Waals surface area contributed by atoms with E-state index in [9.17, 15) is 0 Å². The summed E-state index contributed by atoms with van der Waals surface area (Å²) >= 11 is 0. The fourth-order valence-corrected chi connectivity index (χ4v) is 4.39. The number of aromatic nitrogens is 3. The van der Waals surface area contributed by atoms with Crippen molar-refractivity contribution in [1.29, 1.82) is 0 Å². The molecule has 0 radical (unpaired) electrons. The summed E-state index contributed by atoms with van der Waals surface area (Å²) in [4.78, 5) is 14.0. The van der Waals surface area contributed by atoms with Gasteiger partial charge in [-0.25, -0.2) is 4.98 Å². The number of fused-ring (bicyclic) bond motifs is 3. The zero-order valence-electron chi connectivity index (χ0n) is 16.2. The fourth-order valence-electron chi connectivity index (χ4n) is 4.39. The Kier molecular flexibility index (Phi) is 4.17. The number of ether oxygens (including phenoxy) is 1. The summed E-state index contributed by atoms with van der Waals surface area (Å²) in [5.41, 5.74) is 7.39. The van der Waals surface area contributed by atoms with E-state index < -0.39 is 0 Å². The molecule has 0 saturated heterocycles. The van der Waals surface area contributed by atoms with Gasteiger partial charge in [-0.1, -0.05) is 30.3 Å². The van der Waals surface area contributed by atoms with Crippen molar-refractivity contribution in [3.05, 3.63) is 83.1 Å². The maximum atomic E-state index is 5.51. The van der Waals surface area contributed by atoms with E-state index in [0.717, 1.165) is 36.6 Å². The van der Waals surface area contributed by atoms with Crippen LogP contribution in [-0.2, 0) is 13.0 Å². The van der Waals surface area contributed by atoms with Crippen LogP contribution < -0.4 is 4.74 Å². The van der Waals surface area contributed by atoms with Crippen LogP contribution in [0.5, 0.6) is 5.75 Å². The fraction of sp³-hybridized carbons (Fsp3) is 0.261. The molecule has 0 saturated carbocycles. The van der Waals surface area contributed by atoms with Gasteiger partial charge in [-0.05, 0) is 42.7 Å². The minimum atomic E-state index is 0.141. The highest BCUT2D eigenvalue weighted by atomic mass is 16.5. The first-order valence-corrected chi connectivity index (χ1v) is 9.71. The molecule has 28 heavy (non-hydrogen) atoms. The van der Waals surface area contributed by atoms with Crippen molar-refractivity contribution < 1.29 is 4.74 Å². The summed E-state index contributed by atoms with van der Waals surface area (Å²) in [5, 5.41) is 1.33. The summed E-state index contributed by atoms with van der Waals surface area (Å²) in [6.45, 7) is 3.89. The van der Waals surface area contributed by atoms with E-state index in [1.165, 1.54) is 27.7 Å². The third kappa shape index (κ3) is 2.79. The average molecular weight is 372 g/mol. The molecule has 3 heterocycles. The van der Waals surface area contributed by atoms with Crippen LogP contribution in [0.25, 0.3) is 10.9 Å². The van der Waals surface area contributed by atoms with Crippen molar-refractivity contribution in [1.82, 2.24) is 19.9 Å². The minimum Gasteiger partial charge on any atom is -0.497 e. The zero-order chi connectivity index (χ0) is 19.1. The van der Waals surface area contributed by atoms with Gasteiger partial charge in [0.05, 0.1) is 25.2 Å². The summed E-state index contributed by atoms with van der Waals surface area (Å²) in [6, 6.07) is 17.2. The standard InChI is InChI=1S/C23H24N4O/c1-15-21(25-14-24-15)13-27-11-10-19-18-8-3-4-9-20(18)26-22(19)23(27)16-6-5-7-17(12-16)28-2/h3-9,12,14,23,26H,10-11,13H2,1-2H3,(H,24,25). The Hall–Kier alpha value is -3.05. The van der Waals surface area contributed by atoms with Crippen LogP contribution >= 0.6 is 0 Å². The van der Waals surface area contributed by atoms with Crippen molar-refractivity contribution in [2.24, 2.45) is 0 Å². The first-order chi connectivity index (χ1) is 13.7. The van der Waals surface area contributed by atoms with Crippen molar-refractivity contribution >= 4 is 10.9 Å². The van der Waals surface area contributed by atoms with Gasteiger partial charge in [0, 0.05) is 35.4 Å². The van der Waals surface area contributed by atoms with E-state index in [2.05, 4.69) is 69.2 Å². The van der Waals surface area contributed by atoms with E-state index in [0.29, 0.717) is 0 Å². The van der Waals surface area contributed by atoms with E-state index in [1.54, 1.807) is 13.4 Å². The molecule has 142 valence electrons. The zero-order valence-corrected chi connectivity index (χ0v) is 16.2. The van der Waals surface area contributed by atoms with Gasteiger partial charge in [-0.15, -0.1) is 0 Å². The number of aryl methyl sites for hydroxylation is 1. The number of aromatic amines is 2. The molecule has 0 bridgehead atoms. The second kappa shape index (κ2) is 6.84. The number of H-pyrrole nitrogens is 2. The molecule has 1 aliphatic rings. The van der Waals surface area contributed by atoms with E-state index in [4.69, 9.17) is 4.74 Å². The SMILES string of the molecule is COc1cccc(C2c3[nH]c4ccccc4c3CCN2Cc2nc[nH]c2C)c1. The van der Waals surface area contributed by atoms with E-state index >= 15 is 0 Å². The lowest BCUT2D eigenvalue weighted by molar-refractivity contribution is 0.199. The van der Waals surface area contributed by atoms with Crippen molar-refractivity contribution in [3.8, 4) is 5.75 Å². The van der Waals surface area contributed by atoms with Crippen LogP contribution in [0.2, 0.25) is 0 Å². The highest BCUT2D eigenvalue weighted by molar-refractivity contribution is 5.85. The third-order valence-corrected chi connectivity index (χ3v) is 5.83. The Bertz CT molecular complexity index is 1130. The van der Waals surface area contributed by atoms with Crippen LogP contribution in [-0.4, -0.2) is 33.5 Å². The molecule has 2 aromatic carbocycles. The maximum absolute atomic E-state index is 5.51. The van der Waals surface area contributed by atoms with Crippen LogP contribution in [0.4, 0.5) is 0 Å². The molecule has 2 aromatic heterocycles.